The van der Waals surface area contributed by atoms with Crippen LogP contribution in [-0.4, -0.2) is 26.7 Å². The summed E-state index contributed by atoms with van der Waals surface area (Å²) in [7, 11) is 0. The number of carbonyl (C=O) groups is 1. The van der Waals surface area contributed by atoms with Crippen molar-refractivity contribution in [1.29, 1.82) is 0 Å². The molecule has 0 bridgehead atoms. The molecular weight excluding hydrogens is 361 g/mol. The van der Waals surface area contributed by atoms with Gasteiger partial charge in [-0.15, -0.1) is 35.0 Å². The molecule has 0 aliphatic heterocycles. The van der Waals surface area contributed by atoms with Crippen molar-refractivity contribution in [2.24, 2.45) is 11.7 Å². The number of benzene rings is 1. The molecular formula is C17H25Cl2N5O. The van der Waals surface area contributed by atoms with Crippen LogP contribution in [0.4, 0.5) is 5.69 Å². The largest absolute Gasteiger partial charge is 0.328 e. The Kier molecular flexibility index (Phi) is 8.35. The van der Waals surface area contributed by atoms with E-state index in [1.807, 2.05) is 35.8 Å². The van der Waals surface area contributed by atoms with E-state index < -0.39 is 0 Å². The van der Waals surface area contributed by atoms with Gasteiger partial charge in [-0.1, -0.05) is 18.6 Å². The Bertz CT molecular complexity index is 691. The number of rotatable bonds is 4. The average Bonchev–Trinajstić information content (AvgIpc) is 3.04. The van der Waals surface area contributed by atoms with Gasteiger partial charge >= 0.3 is 0 Å². The highest BCUT2D eigenvalue weighted by Crippen LogP contribution is 2.26. The van der Waals surface area contributed by atoms with Crippen LogP contribution in [0.2, 0.25) is 0 Å². The number of aromatic nitrogens is 3. The first-order valence-corrected chi connectivity index (χ1v) is 8.22. The van der Waals surface area contributed by atoms with E-state index in [0.717, 1.165) is 49.3 Å². The van der Waals surface area contributed by atoms with Crippen molar-refractivity contribution in [3.8, 4) is 11.4 Å². The summed E-state index contributed by atoms with van der Waals surface area (Å²) < 4.78 is 1.97. The van der Waals surface area contributed by atoms with Crippen LogP contribution in [0.1, 0.15) is 32.6 Å². The molecule has 8 heteroatoms. The Morgan fingerprint density at radius 3 is 2.88 bits per heavy atom. The van der Waals surface area contributed by atoms with E-state index in [4.69, 9.17) is 5.73 Å². The number of carbonyl (C=O) groups excluding carboxylic acids is 1. The van der Waals surface area contributed by atoms with Gasteiger partial charge in [0.1, 0.15) is 6.33 Å². The predicted octanol–water partition coefficient (Wildman–Crippen LogP) is 3.26. The molecule has 138 valence electrons. The molecule has 2 unspecified atom stereocenters. The third-order valence-corrected chi connectivity index (χ3v) is 4.43. The molecule has 1 aromatic heterocycles. The molecule has 1 fully saturated rings. The molecule has 1 aliphatic rings. The smallest absolute Gasteiger partial charge is 0.227 e. The Labute approximate surface area is 160 Å². The lowest BCUT2D eigenvalue weighted by Crippen LogP contribution is -2.34. The van der Waals surface area contributed by atoms with Gasteiger partial charge in [0.25, 0.3) is 0 Å². The van der Waals surface area contributed by atoms with Crippen LogP contribution in [0, 0.1) is 5.92 Å². The normalized spacial score (nSPS) is 19.4. The quantitative estimate of drug-likeness (QED) is 0.845. The van der Waals surface area contributed by atoms with Crippen molar-refractivity contribution in [2.45, 2.75) is 45.2 Å². The van der Waals surface area contributed by atoms with Gasteiger partial charge < -0.3 is 15.6 Å². The molecule has 3 rings (SSSR count). The Morgan fingerprint density at radius 2 is 2.16 bits per heavy atom. The SMILES string of the molecule is CCn1cnnc1-c1cccc(NC(=O)C2CCCC(N)C2)c1.Cl.Cl. The van der Waals surface area contributed by atoms with E-state index in [2.05, 4.69) is 15.5 Å². The van der Waals surface area contributed by atoms with Crippen LogP contribution in [0.15, 0.2) is 30.6 Å². The maximum atomic E-state index is 12.4. The van der Waals surface area contributed by atoms with Gasteiger partial charge in [0, 0.05) is 29.8 Å². The second-order valence-corrected chi connectivity index (χ2v) is 6.13. The number of halogens is 2. The molecule has 6 nitrogen and oxygen atoms in total. The summed E-state index contributed by atoms with van der Waals surface area (Å²) in [6, 6.07) is 7.89. The van der Waals surface area contributed by atoms with Gasteiger partial charge in [0.05, 0.1) is 0 Å². The van der Waals surface area contributed by atoms with Gasteiger partial charge in [0.2, 0.25) is 5.91 Å². The summed E-state index contributed by atoms with van der Waals surface area (Å²) in [5.74, 6) is 0.888. The molecule has 2 aromatic rings. The van der Waals surface area contributed by atoms with Crippen molar-refractivity contribution < 1.29 is 4.79 Å². The number of hydrogen-bond acceptors (Lipinski definition) is 4. The maximum Gasteiger partial charge on any atom is 0.227 e. The van der Waals surface area contributed by atoms with Crippen LogP contribution < -0.4 is 11.1 Å². The molecule has 0 spiro atoms. The first-order valence-electron chi connectivity index (χ1n) is 8.22. The molecule has 1 aromatic carbocycles. The minimum Gasteiger partial charge on any atom is -0.328 e. The molecule has 1 aliphatic carbocycles. The Morgan fingerprint density at radius 1 is 1.36 bits per heavy atom. The van der Waals surface area contributed by atoms with E-state index >= 15 is 0 Å². The molecule has 2 atom stereocenters. The van der Waals surface area contributed by atoms with Crippen LogP contribution in [0.25, 0.3) is 11.4 Å². The number of nitrogens with one attached hydrogen (secondary N) is 1. The second kappa shape index (κ2) is 9.75. The number of anilines is 1. The molecule has 0 saturated heterocycles. The van der Waals surface area contributed by atoms with Crippen LogP contribution in [0.3, 0.4) is 0 Å². The summed E-state index contributed by atoms with van der Waals surface area (Å²) in [6.45, 7) is 2.85. The first-order chi connectivity index (χ1) is 11.2. The standard InChI is InChI=1S/C17H23N5O.2ClH/c1-2-22-11-19-21-16(22)12-5-4-8-15(10-12)20-17(23)13-6-3-7-14(18)9-13;;/h4-5,8,10-11,13-14H,2-3,6-7,9,18H2,1H3,(H,20,23);2*1H. The Balaban J connectivity index is 0.00000156. The van der Waals surface area contributed by atoms with Gasteiger partial charge in [-0.05, 0) is 38.3 Å². The molecule has 1 amide bonds. The van der Waals surface area contributed by atoms with Crippen molar-refractivity contribution >= 4 is 36.4 Å². The molecule has 25 heavy (non-hydrogen) atoms. The van der Waals surface area contributed by atoms with Gasteiger partial charge in [-0.25, -0.2) is 0 Å². The minimum atomic E-state index is 0. The van der Waals surface area contributed by atoms with E-state index in [1.54, 1.807) is 6.33 Å². The first kappa shape index (κ1) is 21.4. The monoisotopic (exact) mass is 385 g/mol. The topological polar surface area (TPSA) is 85.8 Å². The third kappa shape index (κ3) is 5.17. The number of aryl methyl sites for hydroxylation is 1. The summed E-state index contributed by atoms with van der Waals surface area (Å²) in [5.41, 5.74) is 7.71. The van der Waals surface area contributed by atoms with Crippen molar-refractivity contribution in [2.75, 3.05) is 5.32 Å². The maximum absolute atomic E-state index is 12.4. The summed E-state index contributed by atoms with van der Waals surface area (Å²) in [6.07, 6.45) is 5.45. The van der Waals surface area contributed by atoms with E-state index in [0.29, 0.717) is 0 Å². The fraction of sp³-hybridized carbons (Fsp3) is 0.471. The number of hydrogen-bond donors (Lipinski definition) is 2. The van der Waals surface area contributed by atoms with Gasteiger partial charge in [-0.3, -0.25) is 4.79 Å². The summed E-state index contributed by atoms with van der Waals surface area (Å²) >= 11 is 0. The highest BCUT2D eigenvalue weighted by atomic mass is 35.5. The van der Waals surface area contributed by atoms with E-state index in [-0.39, 0.29) is 42.7 Å². The van der Waals surface area contributed by atoms with Crippen molar-refractivity contribution in [3.63, 3.8) is 0 Å². The lowest BCUT2D eigenvalue weighted by molar-refractivity contribution is -0.120. The number of amides is 1. The second-order valence-electron chi connectivity index (χ2n) is 6.13. The van der Waals surface area contributed by atoms with Gasteiger partial charge in [-0.2, -0.15) is 0 Å². The predicted molar refractivity (Wildman–Crippen MR) is 104 cm³/mol. The highest BCUT2D eigenvalue weighted by molar-refractivity contribution is 5.93. The molecule has 3 N–H and O–H groups in total. The van der Waals surface area contributed by atoms with Crippen LogP contribution in [-0.2, 0) is 11.3 Å². The Hall–Kier alpha value is -1.63. The van der Waals surface area contributed by atoms with E-state index in [1.165, 1.54) is 0 Å². The lowest BCUT2D eigenvalue weighted by Gasteiger charge is -2.25. The average molecular weight is 386 g/mol. The minimum absolute atomic E-state index is 0. The molecule has 1 heterocycles. The van der Waals surface area contributed by atoms with E-state index in [9.17, 15) is 4.79 Å². The fourth-order valence-electron chi connectivity index (χ4n) is 3.16. The summed E-state index contributed by atoms with van der Waals surface area (Å²) in [4.78, 5) is 12.4. The third-order valence-electron chi connectivity index (χ3n) is 4.43. The molecule has 0 radical (unpaired) electrons. The van der Waals surface area contributed by atoms with Crippen molar-refractivity contribution in [3.05, 3.63) is 30.6 Å². The zero-order valence-electron chi connectivity index (χ0n) is 14.2. The lowest BCUT2D eigenvalue weighted by atomic mass is 9.85. The van der Waals surface area contributed by atoms with Crippen LogP contribution in [0.5, 0.6) is 0 Å². The van der Waals surface area contributed by atoms with Crippen LogP contribution >= 0.6 is 24.8 Å². The zero-order valence-corrected chi connectivity index (χ0v) is 15.9. The zero-order chi connectivity index (χ0) is 16.2. The number of nitrogens with two attached hydrogens (primary N) is 1. The fourth-order valence-corrected chi connectivity index (χ4v) is 3.16. The van der Waals surface area contributed by atoms with Gasteiger partial charge in [0.15, 0.2) is 5.82 Å². The molecule has 1 saturated carbocycles. The highest BCUT2D eigenvalue weighted by Gasteiger charge is 2.25. The summed E-state index contributed by atoms with van der Waals surface area (Å²) in [5, 5.41) is 11.1. The van der Waals surface area contributed by atoms with Crippen molar-refractivity contribution in [1.82, 2.24) is 14.8 Å². The number of nitrogens with zero attached hydrogens (tertiary/aromatic N) is 3.